The molecule has 1 aliphatic heterocycles. The van der Waals surface area contributed by atoms with Crippen LogP contribution in [0.15, 0.2) is 34.5 Å². The van der Waals surface area contributed by atoms with Crippen LogP contribution in [0.1, 0.15) is 15.9 Å². The van der Waals surface area contributed by atoms with E-state index in [9.17, 15) is 4.79 Å². The molecule has 1 aromatic rings. The number of benzene rings is 1. The van der Waals surface area contributed by atoms with Gasteiger partial charge in [-0.2, -0.15) is 5.11 Å². The summed E-state index contributed by atoms with van der Waals surface area (Å²) in [6.07, 6.45) is 0. The van der Waals surface area contributed by atoms with Gasteiger partial charge in [-0.3, -0.25) is 4.79 Å². The molecule has 1 amide bonds. The Kier molecular flexibility index (Phi) is 2.92. The second kappa shape index (κ2) is 3.76. The molecule has 0 bridgehead atoms. The number of azo groups is 1. The van der Waals surface area contributed by atoms with Crippen LogP contribution in [-0.2, 0) is 28.9 Å². The Balaban J connectivity index is 0.000000720. The van der Waals surface area contributed by atoms with Crippen molar-refractivity contribution in [1.82, 2.24) is 0 Å². The summed E-state index contributed by atoms with van der Waals surface area (Å²) in [6.45, 7) is 0.530. The summed E-state index contributed by atoms with van der Waals surface area (Å²) in [5.41, 5.74) is 1.65. The number of hydrogen-bond donors (Lipinski definition) is 0. The fraction of sp³-hybridized carbons (Fsp3) is 0.125. The van der Waals surface area contributed by atoms with Gasteiger partial charge in [-0.1, -0.05) is 18.2 Å². The average Bonchev–Trinajstić information content (AvgIpc) is 2.06. The number of carbonyl (C=O) groups is 1. The standard InChI is InChI=1S/C8H6N2O.Ag/c11-8-7-4-2-1-3-6(7)5-9-10-8;/h1-4H,5H2;. The molecule has 0 N–H and O–H groups in total. The Morgan fingerprint density at radius 1 is 1.25 bits per heavy atom. The Bertz CT molecular complexity index is 336. The Labute approximate surface area is 85.4 Å². The largest absolute Gasteiger partial charge is 0.295 e. The maximum Gasteiger partial charge on any atom is 0.295 e. The smallest absolute Gasteiger partial charge is 0.265 e. The molecule has 0 aromatic heterocycles. The number of amides is 1. The van der Waals surface area contributed by atoms with Crippen LogP contribution in [0, 0.1) is 0 Å². The molecule has 65 valence electrons. The molecular weight excluding hydrogens is 248 g/mol. The van der Waals surface area contributed by atoms with E-state index in [2.05, 4.69) is 10.2 Å². The number of rotatable bonds is 0. The summed E-state index contributed by atoms with van der Waals surface area (Å²) < 4.78 is 0. The van der Waals surface area contributed by atoms with E-state index in [0.29, 0.717) is 12.1 Å². The van der Waals surface area contributed by atoms with Crippen LogP contribution >= 0.6 is 0 Å². The fourth-order valence-corrected chi connectivity index (χ4v) is 1.10. The molecule has 0 aliphatic carbocycles. The summed E-state index contributed by atoms with van der Waals surface area (Å²) in [7, 11) is 0. The summed E-state index contributed by atoms with van der Waals surface area (Å²) in [6, 6.07) is 7.39. The fourth-order valence-electron chi connectivity index (χ4n) is 1.10. The zero-order valence-electron chi connectivity index (χ0n) is 6.12. The van der Waals surface area contributed by atoms with Crippen LogP contribution in [0.3, 0.4) is 0 Å². The Hall–Kier alpha value is -0.770. The van der Waals surface area contributed by atoms with Crippen molar-refractivity contribution in [1.29, 1.82) is 0 Å². The summed E-state index contributed by atoms with van der Waals surface area (Å²) in [5, 5.41) is 7.13. The third-order valence-electron chi connectivity index (χ3n) is 1.65. The van der Waals surface area contributed by atoms with Crippen LogP contribution in [0.5, 0.6) is 0 Å². The van der Waals surface area contributed by atoms with E-state index in [1.807, 2.05) is 18.2 Å². The van der Waals surface area contributed by atoms with Gasteiger partial charge in [0.2, 0.25) is 0 Å². The molecule has 0 saturated heterocycles. The van der Waals surface area contributed by atoms with Crippen LogP contribution in [-0.4, -0.2) is 5.91 Å². The molecular formula is C8H6AgN2O. The maximum absolute atomic E-state index is 11.0. The monoisotopic (exact) mass is 253 g/mol. The van der Waals surface area contributed by atoms with Gasteiger partial charge in [-0.05, 0) is 11.6 Å². The minimum atomic E-state index is -0.230. The predicted octanol–water partition coefficient (Wildman–Crippen LogP) is 1.79. The van der Waals surface area contributed by atoms with Crippen molar-refractivity contribution in [2.24, 2.45) is 10.2 Å². The van der Waals surface area contributed by atoms with E-state index < -0.39 is 0 Å². The first-order valence-corrected chi connectivity index (χ1v) is 3.37. The molecule has 1 aliphatic rings. The molecule has 0 spiro atoms. The molecule has 1 aromatic carbocycles. The van der Waals surface area contributed by atoms with Crippen molar-refractivity contribution >= 4 is 5.91 Å². The molecule has 1 radical (unpaired) electrons. The molecule has 0 fully saturated rings. The van der Waals surface area contributed by atoms with Crippen LogP contribution in [0.4, 0.5) is 0 Å². The molecule has 2 rings (SSSR count). The van der Waals surface area contributed by atoms with Gasteiger partial charge in [0.05, 0.1) is 6.54 Å². The Morgan fingerprint density at radius 2 is 2.00 bits per heavy atom. The number of carbonyl (C=O) groups excluding carboxylic acids is 1. The van der Waals surface area contributed by atoms with Crippen LogP contribution in [0.2, 0.25) is 0 Å². The molecule has 1 heterocycles. The van der Waals surface area contributed by atoms with Gasteiger partial charge in [0.1, 0.15) is 0 Å². The zero-order chi connectivity index (χ0) is 7.68. The predicted molar refractivity (Wildman–Crippen MR) is 39.3 cm³/mol. The van der Waals surface area contributed by atoms with Gasteiger partial charge in [-0.25, -0.2) is 0 Å². The zero-order valence-corrected chi connectivity index (χ0v) is 7.60. The summed E-state index contributed by atoms with van der Waals surface area (Å²) >= 11 is 0. The van der Waals surface area contributed by atoms with Gasteiger partial charge in [-0.15, -0.1) is 5.11 Å². The van der Waals surface area contributed by atoms with Crippen molar-refractivity contribution in [3.63, 3.8) is 0 Å². The molecule has 4 heteroatoms. The van der Waals surface area contributed by atoms with Gasteiger partial charge in [0.25, 0.3) is 5.91 Å². The van der Waals surface area contributed by atoms with E-state index in [4.69, 9.17) is 0 Å². The second-order valence-corrected chi connectivity index (χ2v) is 2.36. The second-order valence-electron chi connectivity index (χ2n) is 2.36. The van der Waals surface area contributed by atoms with E-state index >= 15 is 0 Å². The van der Waals surface area contributed by atoms with E-state index in [-0.39, 0.29) is 28.3 Å². The molecule has 0 saturated carbocycles. The quantitative estimate of drug-likeness (QED) is 0.650. The van der Waals surface area contributed by atoms with Crippen LogP contribution in [0.25, 0.3) is 0 Å². The minimum absolute atomic E-state index is 0. The first-order valence-electron chi connectivity index (χ1n) is 3.37. The van der Waals surface area contributed by atoms with E-state index in [1.54, 1.807) is 6.07 Å². The van der Waals surface area contributed by atoms with E-state index in [1.165, 1.54) is 0 Å². The van der Waals surface area contributed by atoms with Crippen molar-refractivity contribution in [2.75, 3.05) is 0 Å². The van der Waals surface area contributed by atoms with Crippen molar-refractivity contribution in [3.05, 3.63) is 35.4 Å². The van der Waals surface area contributed by atoms with Crippen molar-refractivity contribution < 1.29 is 27.2 Å². The molecule has 0 unspecified atom stereocenters. The first kappa shape index (κ1) is 9.32. The number of hydrogen-bond acceptors (Lipinski definition) is 2. The minimum Gasteiger partial charge on any atom is -0.265 e. The average molecular weight is 254 g/mol. The molecule has 12 heavy (non-hydrogen) atoms. The summed E-state index contributed by atoms with van der Waals surface area (Å²) in [5.74, 6) is -0.230. The van der Waals surface area contributed by atoms with Gasteiger partial charge in [0.15, 0.2) is 0 Å². The first-order chi connectivity index (χ1) is 5.38. The summed E-state index contributed by atoms with van der Waals surface area (Å²) in [4.78, 5) is 11.0. The van der Waals surface area contributed by atoms with Gasteiger partial charge < -0.3 is 0 Å². The Morgan fingerprint density at radius 3 is 2.75 bits per heavy atom. The van der Waals surface area contributed by atoms with Gasteiger partial charge in [0, 0.05) is 27.9 Å². The number of fused-ring (bicyclic) bond motifs is 1. The third-order valence-corrected chi connectivity index (χ3v) is 1.65. The topological polar surface area (TPSA) is 41.8 Å². The van der Waals surface area contributed by atoms with Crippen LogP contribution < -0.4 is 0 Å². The third kappa shape index (κ3) is 1.53. The molecule has 3 nitrogen and oxygen atoms in total. The van der Waals surface area contributed by atoms with Crippen molar-refractivity contribution in [2.45, 2.75) is 6.54 Å². The normalized spacial score (nSPS) is 13.5. The van der Waals surface area contributed by atoms with E-state index in [0.717, 1.165) is 5.56 Å². The molecule has 0 atom stereocenters. The van der Waals surface area contributed by atoms with Gasteiger partial charge >= 0.3 is 0 Å². The van der Waals surface area contributed by atoms with Crippen molar-refractivity contribution in [3.8, 4) is 0 Å². The number of nitrogens with zero attached hydrogens (tertiary/aromatic N) is 2. The SMILES string of the molecule is O=C1N=NCc2ccccc21.[Ag]. The maximum atomic E-state index is 11.0.